The van der Waals surface area contributed by atoms with Crippen LogP contribution in [0.3, 0.4) is 0 Å². The first kappa shape index (κ1) is 20.4. The first-order chi connectivity index (χ1) is 12.3. The quantitative estimate of drug-likeness (QED) is 0.366. The van der Waals surface area contributed by atoms with Crippen molar-refractivity contribution in [2.24, 2.45) is 5.41 Å². The average Bonchev–Trinajstić information content (AvgIpc) is 3.00. The number of nitrogens with zero attached hydrogens (tertiary/aromatic N) is 2. The molecule has 2 aromatic rings. The summed E-state index contributed by atoms with van der Waals surface area (Å²) in [6.45, 7) is 6.93. The van der Waals surface area contributed by atoms with E-state index in [-0.39, 0.29) is 0 Å². The molecule has 1 fully saturated rings. The van der Waals surface area contributed by atoms with Gasteiger partial charge in [0.1, 0.15) is 0 Å². The molecular formula is C20H27ClN2S3. The van der Waals surface area contributed by atoms with Crippen LogP contribution in [-0.2, 0) is 5.75 Å². The predicted molar refractivity (Wildman–Crippen MR) is 120 cm³/mol. The third-order valence-corrected chi connectivity index (χ3v) is 8.32. The first-order valence-corrected chi connectivity index (χ1v) is 11.9. The van der Waals surface area contributed by atoms with Crippen LogP contribution in [0, 0.1) is 5.41 Å². The van der Waals surface area contributed by atoms with E-state index < -0.39 is 0 Å². The standard InChI is InChI=1S/C20H27ClN2S3/c1-20(2)10-12-23(13-11-20)19-15(6-5-7-16(19)21)14-24-17-8-9-18(25-17)26-22(3)4/h5-9H,10-14H2,1-4H3. The Hall–Kier alpha value is -0.330. The number of rotatable bonds is 6. The second kappa shape index (κ2) is 8.78. The number of hydrogen-bond donors (Lipinski definition) is 0. The van der Waals surface area contributed by atoms with Gasteiger partial charge in [-0.15, -0.1) is 23.1 Å². The Morgan fingerprint density at radius 3 is 2.50 bits per heavy atom. The van der Waals surface area contributed by atoms with Gasteiger partial charge in [-0.3, -0.25) is 4.31 Å². The summed E-state index contributed by atoms with van der Waals surface area (Å²) in [7, 11) is 4.16. The number of thioether (sulfide) groups is 1. The van der Waals surface area contributed by atoms with Crippen LogP contribution >= 0.6 is 46.6 Å². The maximum absolute atomic E-state index is 6.62. The molecular weight excluding hydrogens is 400 g/mol. The molecule has 1 aliphatic heterocycles. The topological polar surface area (TPSA) is 6.48 Å². The average molecular weight is 427 g/mol. The minimum Gasteiger partial charge on any atom is -0.370 e. The number of para-hydroxylation sites is 1. The fourth-order valence-corrected chi connectivity index (χ4v) is 6.80. The van der Waals surface area contributed by atoms with Gasteiger partial charge in [-0.05, 0) is 68.1 Å². The smallest absolute Gasteiger partial charge is 0.0765 e. The maximum atomic E-state index is 6.62. The first-order valence-electron chi connectivity index (χ1n) is 8.94. The monoisotopic (exact) mass is 426 g/mol. The highest BCUT2D eigenvalue weighted by molar-refractivity contribution is 8.02. The van der Waals surface area contributed by atoms with Crippen LogP contribution in [0.4, 0.5) is 5.69 Å². The highest BCUT2D eigenvalue weighted by Crippen LogP contribution is 2.40. The summed E-state index contributed by atoms with van der Waals surface area (Å²) in [6, 6.07) is 10.8. The van der Waals surface area contributed by atoms with Gasteiger partial charge in [0.05, 0.1) is 19.1 Å². The lowest BCUT2D eigenvalue weighted by atomic mass is 9.82. The molecule has 2 nitrogen and oxygen atoms in total. The van der Waals surface area contributed by atoms with Crippen LogP contribution in [0.2, 0.25) is 5.02 Å². The van der Waals surface area contributed by atoms with Crippen molar-refractivity contribution in [2.75, 3.05) is 32.1 Å². The Bertz CT molecular complexity index is 732. The van der Waals surface area contributed by atoms with Gasteiger partial charge in [0.2, 0.25) is 0 Å². The number of benzene rings is 1. The molecule has 0 aliphatic carbocycles. The van der Waals surface area contributed by atoms with Crippen molar-refractivity contribution in [3.05, 3.63) is 40.9 Å². The maximum Gasteiger partial charge on any atom is 0.0765 e. The molecule has 6 heteroatoms. The lowest BCUT2D eigenvalue weighted by Gasteiger charge is -2.39. The van der Waals surface area contributed by atoms with E-state index >= 15 is 0 Å². The van der Waals surface area contributed by atoms with Gasteiger partial charge in [0.15, 0.2) is 0 Å². The van der Waals surface area contributed by atoms with Gasteiger partial charge in [-0.25, -0.2) is 0 Å². The molecule has 2 heterocycles. The van der Waals surface area contributed by atoms with Crippen LogP contribution in [0.1, 0.15) is 32.3 Å². The fourth-order valence-electron chi connectivity index (χ4n) is 3.12. The summed E-state index contributed by atoms with van der Waals surface area (Å²) in [6.07, 6.45) is 2.45. The Morgan fingerprint density at radius 2 is 1.81 bits per heavy atom. The molecule has 1 saturated heterocycles. The second-order valence-corrected chi connectivity index (χ2v) is 12.0. The molecule has 0 amide bonds. The van der Waals surface area contributed by atoms with Crippen molar-refractivity contribution >= 4 is 52.3 Å². The Kier molecular flexibility index (Phi) is 6.89. The Labute approximate surface area is 175 Å². The fraction of sp³-hybridized carbons (Fsp3) is 0.500. The zero-order valence-electron chi connectivity index (χ0n) is 15.9. The Balaban J connectivity index is 1.70. The second-order valence-electron chi connectivity index (χ2n) is 7.66. The summed E-state index contributed by atoms with van der Waals surface area (Å²) in [5.74, 6) is 0.961. The van der Waals surface area contributed by atoms with Crippen molar-refractivity contribution in [1.82, 2.24) is 4.31 Å². The minimum atomic E-state index is 0.449. The molecule has 0 bridgehead atoms. The number of anilines is 1. The highest BCUT2D eigenvalue weighted by atomic mass is 35.5. The van der Waals surface area contributed by atoms with Gasteiger partial charge in [0.25, 0.3) is 0 Å². The lowest BCUT2D eigenvalue weighted by molar-refractivity contribution is 0.279. The summed E-state index contributed by atoms with van der Waals surface area (Å²) in [4.78, 5) is 2.49. The van der Waals surface area contributed by atoms with Crippen LogP contribution < -0.4 is 4.90 Å². The third kappa shape index (κ3) is 5.35. The molecule has 1 aromatic heterocycles. The molecule has 0 N–H and O–H groups in total. The molecule has 1 aromatic carbocycles. The van der Waals surface area contributed by atoms with E-state index in [0.717, 1.165) is 23.9 Å². The van der Waals surface area contributed by atoms with Crippen LogP contribution in [-0.4, -0.2) is 31.5 Å². The van der Waals surface area contributed by atoms with E-state index in [1.807, 2.05) is 29.2 Å². The zero-order valence-corrected chi connectivity index (χ0v) is 19.1. The van der Waals surface area contributed by atoms with Gasteiger partial charge in [-0.2, -0.15) is 0 Å². The van der Waals surface area contributed by atoms with Gasteiger partial charge < -0.3 is 4.90 Å². The zero-order chi connectivity index (χ0) is 18.7. The third-order valence-electron chi connectivity index (χ3n) is 4.70. The SMILES string of the molecule is CN(C)Sc1ccc(SCc2cccc(Cl)c2N2CCC(C)(C)CC2)s1. The molecule has 0 saturated carbocycles. The Morgan fingerprint density at radius 1 is 1.12 bits per heavy atom. The summed E-state index contributed by atoms with van der Waals surface area (Å²) < 4.78 is 4.83. The summed E-state index contributed by atoms with van der Waals surface area (Å²) >= 11 is 12.2. The van der Waals surface area contributed by atoms with Gasteiger partial charge in [-0.1, -0.05) is 37.6 Å². The molecule has 3 rings (SSSR count). The molecule has 0 unspecified atom stereocenters. The van der Waals surface area contributed by atoms with Crippen LogP contribution in [0.5, 0.6) is 0 Å². The van der Waals surface area contributed by atoms with E-state index in [9.17, 15) is 0 Å². The highest BCUT2D eigenvalue weighted by Gasteiger charge is 2.27. The van der Waals surface area contributed by atoms with Crippen LogP contribution in [0.25, 0.3) is 0 Å². The number of halogens is 1. The summed E-state index contributed by atoms with van der Waals surface area (Å²) in [5, 5.41) is 0.887. The summed E-state index contributed by atoms with van der Waals surface area (Å²) in [5.41, 5.74) is 3.04. The predicted octanol–water partition coefficient (Wildman–Crippen LogP) is 6.89. The van der Waals surface area contributed by atoms with Crippen molar-refractivity contribution in [2.45, 2.75) is 40.9 Å². The number of thiophene rings is 1. The van der Waals surface area contributed by atoms with E-state index in [1.165, 1.54) is 32.5 Å². The number of hydrogen-bond acceptors (Lipinski definition) is 5. The van der Waals surface area contributed by atoms with Crippen molar-refractivity contribution in [3.8, 4) is 0 Å². The number of piperidine rings is 1. The largest absolute Gasteiger partial charge is 0.370 e. The molecule has 142 valence electrons. The van der Waals surface area contributed by atoms with Crippen molar-refractivity contribution in [1.29, 1.82) is 0 Å². The van der Waals surface area contributed by atoms with E-state index in [1.54, 1.807) is 11.9 Å². The van der Waals surface area contributed by atoms with Crippen molar-refractivity contribution < 1.29 is 0 Å². The molecule has 26 heavy (non-hydrogen) atoms. The van der Waals surface area contributed by atoms with E-state index in [0.29, 0.717) is 5.41 Å². The molecule has 0 atom stereocenters. The van der Waals surface area contributed by atoms with E-state index in [4.69, 9.17) is 11.6 Å². The molecule has 1 aliphatic rings. The lowest BCUT2D eigenvalue weighted by Crippen LogP contribution is -2.37. The van der Waals surface area contributed by atoms with E-state index in [2.05, 4.69) is 61.4 Å². The van der Waals surface area contributed by atoms with Gasteiger partial charge in [0, 0.05) is 18.8 Å². The van der Waals surface area contributed by atoms with Crippen molar-refractivity contribution in [3.63, 3.8) is 0 Å². The normalized spacial score (nSPS) is 17.1. The van der Waals surface area contributed by atoms with Gasteiger partial charge >= 0.3 is 0 Å². The minimum absolute atomic E-state index is 0.449. The van der Waals surface area contributed by atoms with Crippen LogP contribution in [0.15, 0.2) is 38.8 Å². The molecule has 0 radical (unpaired) electrons. The molecule has 0 spiro atoms.